The van der Waals surface area contributed by atoms with Crippen LogP contribution in [-0.2, 0) is 12.7 Å². The van der Waals surface area contributed by atoms with Gasteiger partial charge in [-0.05, 0) is 53.2 Å². The van der Waals surface area contributed by atoms with Gasteiger partial charge in [-0.3, -0.25) is 0 Å². The van der Waals surface area contributed by atoms with E-state index in [0.29, 0.717) is 11.7 Å². The van der Waals surface area contributed by atoms with Gasteiger partial charge >= 0.3 is 12.2 Å². The molecule has 4 N–H and O–H groups in total. The number of rotatable bonds is 8. The van der Waals surface area contributed by atoms with Crippen molar-refractivity contribution in [3.8, 4) is 0 Å². The van der Waals surface area contributed by atoms with E-state index in [1.165, 1.54) is 12.1 Å². The molecule has 0 aliphatic heterocycles. The lowest BCUT2D eigenvalue weighted by Crippen LogP contribution is -2.45. The number of hydrogen-bond acceptors (Lipinski definition) is 2. The maximum atomic E-state index is 13.1. The SMILES string of the molecule is O=C(Nc1ccc(C(F)(F)F)cc1)N[C@@H](c1ccccc1)[C@@H](NC(=S)NCc1ccccc1)c1ccccc1. The molecule has 0 saturated carbocycles. The Hall–Kier alpha value is -4.37. The summed E-state index contributed by atoms with van der Waals surface area (Å²) in [6.45, 7) is 0.520. The Morgan fingerprint density at radius 3 is 1.69 bits per heavy atom. The van der Waals surface area contributed by atoms with E-state index in [4.69, 9.17) is 12.2 Å². The van der Waals surface area contributed by atoms with E-state index >= 15 is 0 Å². The van der Waals surface area contributed by atoms with E-state index in [9.17, 15) is 18.0 Å². The predicted octanol–water partition coefficient (Wildman–Crippen LogP) is 6.97. The zero-order chi connectivity index (χ0) is 27.7. The van der Waals surface area contributed by atoms with Crippen molar-refractivity contribution in [1.82, 2.24) is 16.0 Å². The van der Waals surface area contributed by atoms with Gasteiger partial charge in [0.15, 0.2) is 5.11 Å². The molecule has 0 aliphatic carbocycles. The summed E-state index contributed by atoms with van der Waals surface area (Å²) in [6.07, 6.45) is -4.46. The quantitative estimate of drug-likeness (QED) is 0.180. The second kappa shape index (κ2) is 12.9. The molecule has 2 atom stereocenters. The van der Waals surface area contributed by atoms with Gasteiger partial charge in [0.05, 0.1) is 17.6 Å². The third-order valence-electron chi connectivity index (χ3n) is 5.99. The molecule has 0 aromatic heterocycles. The van der Waals surface area contributed by atoms with Crippen LogP contribution in [0, 0.1) is 0 Å². The van der Waals surface area contributed by atoms with Gasteiger partial charge in [-0.15, -0.1) is 0 Å². The van der Waals surface area contributed by atoms with E-state index < -0.39 is 29.9 Å². The molecule has 0 aliphatic rings. The largest absolute Gasteiger partial charge is 0.416 e. The maximum absolute atomic E-state index is 13.1. The minimum Gasteiger partial charge on any atom is -0.359 e. The number of benzene rings is 4. The highest BCUT2D eigenvalue weighted by atomic mass is 32.1. The first-order valence-corrected chi connectivity index (χ1v) is 12.6. The molecular weight excluding hydrogens is 521 g/mol. The monoisotopic (exact) mass is 548 g/mol. The molecule has 0 spiro atoms. The molecule has 5 nitrogen and oxygen atoms in total. The highest BCUT2D eigenvalue weighted by Gasteiger charge is 2.30. The smallest absolute Gasteiger partial charge is 0.359 e. The molecule has 0 fully saturated rings. The molecule has 4 rings (SSSR count). The van der Waals surface area contributed by atoms with Crippen LogP contribution in [0.1, 0.15) is 34.3 Å². The molecule has 200 valence electrons. The van der Waals surface area contributed by atoms with Crippen molar-refractivity contribution in [3.05, 3.63) is 138 Å². The Balaban J connectivity index is 1.55. The standard InChI is InChI=1S/C30H27F3N4OS/c31-30(32,33)24-16-18-25(19-17-24)35-28(38)36-26(22-12-6-2-7-13-22)27(23-14-8-3-9-15-23)37-29(39)34-20-21-10-4-1-5-11-21/h1-19,26-27H,20H2,(H2,34,37,39)(H2,35,36,38)/t26-,27-/m0/s1. The number of carbonyl (C=O) groups is 1. The number of alkyl halides is 3. The van der Waals surface area contributed by atoms with Crippen LogP contribution in [0.15, 0.2) is 115 Å². The van der Waals surface area contributed by atoms with Gasteiger partial charge in [0.25, 0.3) is 0 Å². The van der Waals surface area contributed by atoms with Gasteiger partial charge in [0, 0.05) is 12.2 Å². The number of amides is 2. The first-order valence-electron chi connectivity index (χ1n) is 12.2. The molecule has 4 aromatic rings. The second-order valence-electron chi connectivity index (χ2n) is 8.76. The maximum Gasteiger partial charge on any atom is 0.416 e. The van der Waals surface area contributed by atoms with E-state index in [2.05, 4.69) is 21.3 Å². The Bertz CT molecular complexity index is 1350. The topological polar surface area (TPSA) is 65.2 Å². The molecule has 0 radical (unpaired) electrons. The van der Waals surface area contributed by atoms with Gasteiger partial charge in [0.2, 0.25) is 0 Å². The summed E-state index contributed by atoms with van der Waals surface area (Å²) in [4.78, 5) is 13.1. The fourth-order valence-electron chi connectivity index (χ4n) is 4.06. The van der Waals surface area contributed by atoms with Crippen molar-refractivity contribution in [2.24, 2.45) is 0 Å². The van der Waals surface area contributed by atoms with Gasteiger partial charge in [-0.25, -0.2) is 4.79 Å². The lowest BCUT2D eigenvalue weighted by Gasteiger charge is -2.31. The second-order valence-corrected chi connectivity index (χ2v) is 9.17. The van der Waals surface area contributed by atoms with Crippen molar-refractivity contribution in [2.45, 2.75) is 24.8 Å². The van der Waals surface area contributed by atoms with Gasteiger partial charge in [-0.2, -0.15) is 13.2 Å². The average Bonchev–Trinajstić information content (AvgIpc) is 2.95. The lowest BCUT2D eigenvalue weighted by atomic mass is 9.93. The summed E-state index contributed by atoms with van der Waals surface area (Å²) in [5.41, 5.74) is 2.20. The summed E-state index contributed by atoms with van der Waals surface area (Å²) >= 11 is 5.62. The van der Waals surface area contributed by atoms with Gasteiger partial charge in [0.1, 0.15) is 0 Å². The number of carbonyl (C=O) groups excluding carboxylic acids is 1. The van der Waals surface area contributed by atoms with Crippen molar-refractivity contribution in [3.63, 3.8) is 0 Å². The average molecular weight is 549 g/mol. The van der Waals surface area contributed by atoms with Gasteiger partial charge in [-0.1, -0.05) is 91.0 Å². The van der Waals surface area contributed by atoms with Crippen LogP contribution in [0.25, 0.3) is 0 Å². The third-order valence-corrected chi connectivity index (χ3v) is 6.25. The number of anilines is 1. The number of nitrogens with one attached hydrogen (secondary N) is 4. The van der Waals surface area contributed by atoms with Crippen molar-refractivity contribution < 1.29 is 18.0 Å². The minimum absolute atomic E-state index is 0.233. The molecule has 2 amide bonds. The molecule has 0 unspecified atom stereocenters. The summed E-state index contributed by atoms with van der Waals surface area (Å²) < 4.78 is 38.8. The van der Waals surface area contributed by atoms with Crippen LogP contribution < -0.4 is 21.3 Å². The number of urea groups is 1. The molecule has 0 heterocycles. The van der Waals surface area contributed by atoms with Crippen LogP contribution >= 0.6 is 12.2 Å². The Morgan fingerprint density at radius 1 is 0.692 bits per heavy atom. The zero-order valence-corrected chi connectivity index (χ0v) is 21.6. The van der Waals surface area contributed by atoms with Crippen molar-refractivity contribution in [2.75, 3.05) is 5.32 Å². The zero-order valence-electron chi connectivity index (χ0n) is 20.8. The normalized spacial score (nSPS) is 12.6. The highest BCUT2D eigenvalue weighted by Crippen LogP contribution is 2.31. The first-order chi connectivity index (χ1) is 18.8. The molecule has 0 saturated heterocycles. The molecule has 9 heteroatoms. The van der Waals surface area contributed by atoms with Crippen molar-refractivity contribution >= 4 is 29.0 Å². The molecular formula is C30H27F3N4OS. The summed E-state index contributed by atoms with van der Waals surface area (Å²) in [6, 6.07) is 31.4. The fourth-order valence-corrected chi connectivity index (χ4v) is 4.26. The summed E-state index contributed by atoms with van der Waals surface area (Å²) in [5, 5.41) is 12.6. The minimum atomic E-state index is -4.46. The van der Waals surface area contributed by atoms with Gasteiger partial charge < -0.3 is 21.3 Å². The number of hydrogen-bond donors (Lipinski definition) is 4. The third kappa shape index (κ3) is 8.05. The number of halogens is 3. The summed E-state index contributed by atoms with van der Waals surface area (Å²) in [7, 11) is 0. The van der Waals surface area contributed by atoms with E-state index in [-0.39, 0.29) is 5.69 Å². The first kappa shape index (κ1) is 27.7. The Morgan fingerprint density at radius 2 is 1.18 bits per heavy atom. The van der Waals surface area contributed by atoms with Crippen LogP contribution in [-0.4, -0.2) is 11.1 Å². The Labute approximate surface area is 230 Å². The fraction of sp³-hybridized carbons (Fsp3) is 0.133. The number of thiocarbonyl (C=S) groups is 1. The lowest BCUT2D eigenvalue weighted by molar-refractivity contribution is -0.137. The highest BCUT2D eigenvalue weighted by molar-refractivity contribution is 7.80. The molecule has 4 aromatic carbocycles. The van der Waals surface area contributed by atoms with E-state index in [1.807, 2.05) is 91.0 Å². The molecule has 39 heavy (non-hydrogen) atoms. The van der Waals surface area contributed by atoms with Crippen LogP contribution in [0.5, 0.6) is 0 Å². The van der Waals surface area contributed by atoms with Crippen LogP contribution in [0.3, 0.4) is 0 Å². The summed E-state index contributed by atoms with van der Waals surface area (Å²) in [5.74, 6) is 0. The van der Waals surface area contributed by atoms with Crippen LogP contribution in [0.2, 0.25) is 0 Å². The van der Waals surface area contributed by atoms with E-state index in [1.54, 1.807) is 0 Å². The predicted molar refractivity (Wildman–Crippen MR) is 151 cm³/mol. The van der Waals surface area contributed by atoms with E-state index in [0.717, 1.165) is 28.8 Å². The molecule has 0 bridgehead atoms. The van der Waals surface area contributed by atoms with Crippen LogP contribution in [0.4, 0.5) is 23.7 Å². The Kier molecular flexibility index (Phi) is 9.17. The van der Waals surface area contributed by atoms with Crippen molar-refractivity contribution in [1.29, 1.82) is 0 Å².